The molecule has 1 aromatic rings. The lowest BCUT2D eigenvalue weighted by molar-refractivity contribution is 0.131. The van der Waals surface area contributed by atoms with Crippen molar-refractivity contribution in [2.75, 3.05) is 6.54 Å². The molecule has 2 rings (SSSR count). The Labute approximate surface area is 110 Å². The molecule has 0 saturated heterocycles. The van der Waals surface area contributed by atoms with E-state index >= 15 is 0 Å². The van der Waals surface area contributed by atoms with Crippen LogP contribution in [0, 0.1) is 11.7 Å². The highest BCUT2D eigenvalue weighted by molar-refractivity contribution is 5.30. The van der Waals surface area contributed by atoms with Crippen molar-refractivity contribution >= 4 is 0 Å². The number of hydrogen-bond acceptors (Lipinski definition) is 1. The maximum absolute atomic E-state index is 13.0. The molecule has 0 atom stereocenters. The zero-order valence-electron chi connectivity index (χ0n) is 11.7. The van der Waals surface area contributed by atoms with Crippen molar-refractivity contribution in [2.24, 2.45) is 5.92 Å². The maximum Gasteiger partial charge on any atom is 0.123 e. The lowest BCUT2D eigenvalue weighted by atomic mass is 9.58. The molecule has 1 aliphatic carbocycles. The average molecular weight is 249 g/mol. The molecule has 1 saturated carbocycles. The zero-order chi connectivity index (χ0) is 13.2. The number of halogens is 1. The van der Waals surface area contributed by atoms with Gasteiger partial charge in [-0.15, -0.1) is 0 Å². The van der Waals surface area contributed by atoms with Crippen LogP contribution in [0.2, 0.25) is 0 Å². The fourth-order valence-corrected chi connectivity index (χ4v) is 3.02. The summed E-state index contributed by atoms with van der Waals surface area (Å²) in [6.45, 7) is 7.62. The summed E-state index contributed by atoms with van der Waals surface area (Å²) in [5.41, 5.74) is 1.53. The average Bonchev–Trinajstić information content (AvgIpc) is 2.29. The van der Waals surface area contributed by atoms with Crippen LogP contribution in [0.1, 0.15) is 45.6 Å². The first kappa shape index (κ1) is 13.5. The van der Waals surface area contributed by atoms with Gasteiger partial charge in [-0.1, -0.05) is 39.3 Å². The van der Waals surface area contributed by atoms with Crippen molar-refractivity contribution in [3.63, 3.8) is 0 Å². The number of benzene rings is 1. The van der Waals surface area contributed by atoms with E-state index in [1.54, 1.807) is 12.1 Å². The van der Waals surface area contributed by atoms with Crippen molar-refractivity contribution in [1.29, 1.82) is 0 Å². The van der Waals surface area contributed by atoms with Gasteiger partial charge in [-0.25, -0.2) is 4.39 Å². The second kappa shape index (κ2) is 5.40. The normalized spacial score (nSPS) is 27.3. The van der Waals surface area contributed by atoms with Crippen LogP contribution >= 0.6 is 0 Å². The van der Waals surface area contributed by atoms with Crippen molar-refractivity contribution in [3.8, 4) is 0 Å². The second-order valence-corrected chi connectivity index (χ2v) is 6.01. The number of rotatable bonds is 5. The highest BCUT2D eigenvalue weighted by Crippen LogP contribution is 2.48. The predicted molar refractivity (Wildman–Crippen MR) is 74.2 cm³/mol. The Morgan fingerprint density at radius 2 is 1.89 bits per heavy atom. The molecule has 18 heavy (non-hydrogen) atoms. The van der Waals surface area contributed by atoms with Crippen LogP contribution in [-0.2, 0) is 5.41 Å². The highest BCUT2D eigenvalue weighted by atomic mass is 19.1. The fourth-order valence-electron chi connectivity index (χ4n) is 3.02. The summed E-state index contributed by atoms with van der Waals surface area (Å²) < 4.78 is 13.0. The molecule has 0 aliphatic heterocycles. The molecule has 0 amide bonds. The minimum absolute atomic E-state index is 0.142. The highest BCUT2D eigenvalue weighted by Gasteiger charge is 2.44. The smallest absolute Gasteiger partial charge is 0.123 e. The monoisotopic (exact) mass is 249 g/mol. The third-order valence-electron chi connectivity index (χ3n) is 4.24. The first-order valence-corrected chi connectivity index (χ1v) is 7.05. The molecule has 1 N–H and O–H groups in total. The summed E-state index contributed by atoms with van der Waals surface area (Å²) in [7, 11) is 0. The lowest BCUT2D eigenvalue weighted by Gasteiger charge is -2.49. The van der Waals surface area contributed by atoms with Gasteiger partial charge >= 0.3 is 0 Å². The van der Waals surface area contributed by atoms with Gasteiger partial charge in [-0.3, -0.25) is 0 Å². The van der Waals surface area contributed by atoms with E-state index in [4.69, 9.17) is 0 Å². The van der Waals surface area contributed by atoms with Crippen LogP contribution in [0.4, 0.5) is 4.39 Å². The lowest BCUT2D eigenvalue weighted by Crippen LogP contribution is -2.49. The van der Waals surface area contributed by atoms with Gasteiger partial charge in [-0.05, 0) is 36.5 Å². The summed E-state index contributed by atoms with van der Waals surface area (Å²) >= 11 is 0. The standard InChI is InChI=1S/C16H24FN/c1-4-13-9-16(10-13,11-18-12(2)3)14-5-7-15(17)8-6-14/h5-8,12-13,18H,4,9-11H2,1-3H3. The van der Waals surface area contributed by atoms with Gasteiger partial charge in [0.2, 0.25) is 0 Å². The van der Waals surface area contributed by atoms with E-state index in [1.165, 1.54) is 24.8 Å². The molecule has 1 fully saturated rings. The molecule has 0 radical (unpaired) electrons. The van der Waals surface area contributed by atoms with Crippen LogP contribution in [0.3, 0.4) is 0 Å². The Bertz CT molecular complexity index is 377. The number of hydrogen-bond donors (Lipinski definition) is 1. The van der Waals surface area contributed by atoms with Crippen molar-refractivity contribution in [1.82, 2.24) is 5.32 Å². The van der Waals surface area contributed by atoms with Crippen molar-refractivity contribution in [3.05, 3.63) is 35.6 Å². The van der Waals surface area contributed by atoms with E-state index in [0.29, 0.717) is 6.04 Å². The van der Waals surface area contributed by atoms with E-state index in [2.05, 4.69) is 26.1 Å². The van der Waals surface area contributed by atoms with E-state index < -0.39 is 0 Å². The van der Waals surface area contributed by atoms with Gasteiger partial charge in [0.1, 0.15) is 5.82 Å². The minimum atomic E-state index is -0.142. The molecule has 1 aromatic carbocycles. The topological polar surface area (TPSA) is 12.0 Å². The Morgan fingerprint density at radius 1 is 1.28 bits per heavy atom. The Morgan fingerprint density at radius 3 is 2.39 bits per heavy atom. The van der Waals surface area contributed by atoms with Crippen molar-refractivity contribution < 1.29 is 4.39 Å². The molecule has 2 heteroatoms. The van der Waals surface area contributed by atoms with E-state index in [1.807, 2.05) is 12.1 Å². The molecular weight excluding hydrogens is 225 g/mol. The minimum Gasteiger partial charge on any atom is -0.314 e. The van der Waals surface area contributed by atoms with Gasteiger partial charge in [0.05, 0.1) is 0 Å². The SMILES string of the molecule is CCC1CC(CNC(C)C)(c2ccc(F)cc2)C1. The Balaban J connectivity index is 2.13. The summed E-state index contributed by atoms with van der Waals surface area (Å²) in [6, 6.07) is 7.60. The Kier molecular flexibility index (Phi) is 4.06. The van der Waals surface area contributed by atoms with E-state index in [-0.39, 0.29) is 11.2 Å². The quantitative estimate of drug-likeness (QED) is 0.835. The first-order chi connectivity index (χ1) is 8.55. The molecule has 1 aliphatic rings. The van der Waals surface area contributed by atoms with E-state index in [0.717, 1.165) is 12.5 Å². The molecular formula is C16H24FN. The summed E-state index contributed by atoms with van der Waals surface area (Å²) in [6.07, 6.45) is 3.72. The van der Waals surface area contributed by atoms with Crippen LogP contribution in [0.5, 0.6) is 0 Å². The zero-order valence-corrected chi connectivity index (χ0v) is 11.7. The van der Waals surface area contributed by atoms with Crippen LogP contribution in [0.25, 0.3) is 0 Å². The molecule has 0 spiro atoms. The summed E-state index contributed by atoms with van der Waals surface area (Å²) in [5, 5.41) is 3.55. The fraction of sp³-hybridized carbons (Fsp3) is 0.625. The molecule has 0 bridgehead atoms. The Hall–Kier alpha value is -0.890. The van der Waals surface area contributed by atoms with Crippen LogP contribution in [-0.4, -0.2) is 12.6 Å². The molecule has 0 aromatic heterocycles. The number of nitrogens with one attached hydrogen (secondary N) is 1. The largest absolute Gasteiger partial charge is 0.314 e. The third-order valence-corrected chi connectivity index (χ3v) is 4.24. The van der Waals surface area contributed by atoms with Crippen LogP contribution < -0.4 is 5.32 Å². The first-order valence-electron chi connectivity index (χ1n) is 7.05. The van der Waals surface area contributed by atoms with Gasteiger partial charge in [-0.2, -0.15) is 0 Å². The van der Waals surface area contributed by atoms with Gasteiger partial charge in [0.25, 0.3) is 0 Å². The predicted octanol–water partition coefficient (Wildman–Crippen LogP) is 3.88. The summed E-state index contributed by atoms with van der Waals surface area (Å²) in [5.74, 6) is 0.695. The second-order valence-electron chi connectivity index (χ2n) is 6.01. The van der Waals surface area contributed by atoms with Gasteiger partial charge in [0.15, 0.2) is 0 Å². The van der Waals surface area contributed by atoms with Gasteiger partial charge in [0, 0.05) is 18.0 Å². The molecule has 100 valence electrons. The third kappa shape index (κ3) is 2.74. The summed E-state index contributed by atoms with van der Waals surface area (Å²) in [4.78, 5) is 0. The molecule has 1 nitrogen and oxygen atoms in total. The van der Waals surface area contributed by atoms with Crippen molar-refractivity contribution in [2.45, 2.75) is 51.5 Å². The van der Waals surface area contributed by atoms with Gasteiger partial charge < -0.3 is 5.32 Å². The van der Waals surface area contributed by atoms with Crippen LogP contribution in [0.15, 0.2) is 24.3 Å². The molecule has 0 heterocycles. The molecule has 0 unspecified atom stereocenters. The van der Waals surface area contributed by atoms with E-state index in [9.17, 15) is 4.39 Å². The maximum atomic E-state index is 13.0.